The Kier molecular flexibility index (Phi) is 14.4. The number of phenols is 2. The molecular weight excluding hydrogens is 492 g/mol. The summed E-state index contributed by atoms with van der Waals surface area (Å²) in [5.74, 6) is 0.442. The maximum atomic E-state index is 9.66. The average molecular weight is 537 g/mol. The first-order valence-electron chi connectivity index (χ1n) is 14.1. The Balaban J connectivity index is 0.000000545. The highest BCUT2D eigenvalue weighted by Gasteiger charge is 2.12. The Morgan fingerprint density at radius 2 is 0.850 bits per heavy atom. The van der Waals surface area contributed by atoms with Crippen LogP contribution in [0.5, 0.6) is 11.5 Å². The predicted molar refractivity (Wildman–Crippen MR) is 174 cm³/mol. The Morgan fingerprint density at radius 1 is 0.500 bits per heavy atom. The van der Waals surface area contributed by atoms with E-state index < -0.39 is 0 Å². The molecule has 0 heterocycles. The lowest BCUT2D eigenvalue weighted by molar-refractivity contribution is 0.321. The van der Waals surface area contributed by atoms with E-state index in [-0.39, 0.29) is 11.5 Å². The molecule has 0 unspecified atom stereocenters. The zero-order valence-corrected chi connectivity index (χ0v) is 24.5. The topological polar surface area (TPSA) is 46.9 Å². The van der Waals surface area contributed by atoms with Crippen LogP contribution in [0.3, 0.4) is 0 Å². The van der Waals surface area contributed by atoms with Crippen LogP contribution in [-0.2, 0) is 0 Å². The molecule has 0 atom stereocenters. The monoisotopic (exact) mass is 536 g/mol. The molecule has 4 nitrogen and oxygen atoms in total. The molecule has 0 aliphatic heterocycles. The number of hydrogen-bond donors (Lipinski definition) is 2. The van der Waals surface area contributed by atoms with Gasteiger partial charge >= 0.3 is 0 Å². The lowest BCUT2D eigenvalue weighted by Crippen LogP contribution is -2.21. The summed E-state index contributed by atoms with van der Waals surface area (Å²) in [6.45, 7) is 14.1. The molecule has 2 N–H and O–H groups in total. The van der Waals surface area contributed by atoms with Crippen molar-refractivity contribution >= 4 is 29.2 Å². The van der Waals surface area contributed by atoms with E-state index in [9.17, 15) is 10.2 Å². The van der Waals surface area contributed by atoms with Crippen LogP contribution in [-0.4, -0.2) is 34.7 Å². The molecule has 0 aromatic heterocycles. The van der Waals surface area contributed by atoms with E-state index in [4.69, 9.17) is 0 Å². The van der Waals surface area contributed by atoms with Crippen molar-refractivity contribution in [3.63, 3.8) is 0 Å². The van der Waals surface area contributed by atoms with Gasteiger partial charge in [-0.15, -0.1) is 0 Å². The van der Waals surface area contributed by atoms with E-state index >= 15 is 0 Å². The summed E-state index contributed by atoms with van der Waals surface area (Å²) in [5, 5.41) is 19.3. The third-order valence-corrected chi connectivity index (χ3v) is 6.20. The van der Waals surface area contributed by atoms with Crippen molar-refractivity contribution in [3.05, 3.63) is 126 Å². The molecule has 4 heteroatoms. The standard InChI is InChI=1S/C28H23NO2.C6H15N.C2H6/c30-27-18-14-25(15-19-27)29(26-16-20-28(31)21-17-26)24-12-10-23(11-13-24)9-5-4-8-22-6-2-1-3-7-22;1-4-7(5-2)6-3;1-2/h1-21,30-31H;4-6H2,1-3H3;1-2H3/b8-4+,9-5+;;. The van der Waals surface area contributed by atoms with Crippen LogP contribution in [0.4, 0.5) is 17.1 Å². The lowest BCUT2D eigenvalue weighted by Gasteiger charge is -2.25. The highest BCUT2D eigenvalue weighted by molar-refractivity contribution is 5.77. The molecule has 0 aliphatic rings. The minimum Gasteiger partial charge on any atom is -0.508 e. The highest BCUT2D eigenvalue weighted by atomic mass is 16.3. The number of anilines is 3. The second-order valence-corrected chi connectivity index (χ2v) is 8.71. The van der Waals surface area contributed by atoms with Crippen molar-refractivity contribution in [2.75, 3.05) is 24.5 Å². The maximum Gasteiger partial charge on any atom is 0.115 e. The number of rotatable bonds is 9. The van der Waals surface area contributed by atoms with Gasteiger partial charge in [0.25, 0.3) is 0 Å². The second kappa shape index (κ2) is 18.1. The molecule has 40 heavy (non-hydrogen) atoms. The van der Waals surface area contributed by atoms with E-state index in [2.05, 4.69) is 79.1 Å². The molecule has 4 rings (SSSR count). The van der Waals surface area contributed by atoms with Crippen molar-refractivity contribution in [2.24, 2.45) is 0 Å². The molecular formula is C36H44N2O2. The molecule has 0 bridgehead atoms. The van der Waals surface area contributed by atoms with E-state index in [1.807, 2.05) is 68.5 Å². The van der Waals surface area contributed by atoms with Gasteiger partial charge in [0.1, 0.15) is 11.5 Å². The van der Waals surface area contributed by atoms with Gasteiger partial charge in [0.2, 0.25) is 0 Å². The molecule has 4 aromatic rings. The summed E-state index contributed by atoms with van der Waals surface area (Å²) in [6.07, 6.45) is 8.19. The van der Waals surface area contributed by atoms with Crippen LogP contribution in [0.2, 0.25) is 0 Å². The van der Waals surface area contributed by atoms with Gasteiger partial charge in [-0.05, 0) is 91.4 Å². The van der Waals surface area contributed by atoms with Gasteiger partial charge < -0.3 is 20.0 Å². The van der Waals surface area contributed by atoms with Crippen LogP contribution in [0.25, 0.3) is 12.2 Å². The van der Waals surface area contributed by atoms with Crippen molar-refractivity contribution in [1.82, 2.24) is 4.90 Å². The molecule has 210 valence electrons. The van der Waals surface area contributed by atoms with Gasteiger partial charge in [-0.2, -0.15) is 0 Å². The predicted octanol–water partition coefficient (Wildman–Crippen LogP) is 9.67. The SMILES string of the molecule is CC.CCN(CC)CC.Oc1ccc(N(c2ccc(O)cc2)c2ccc(/C=C/C=C/c3ccccc3)cc2)cc1. The number of benzene rings is 4. The van der Waals surface area contributed by atoms with Gasteiger partial charge in [-0.1, -0.05) is 101 Å². The van der Waals surface area contributed by atoms with Crippen molar-refractivity contribution in [2.45, 2.75) is 34.6 Å². The second-order valence-electron chi connectivity index (χ2n) is 8.71. The largest absolute Gasteiger partial charge is 0.508 e. The summed E-state index contributed by atoms with van der Waals surface area (Å²) < 4.78 is 0. The molecule has 0 aliphatic carbocycles. The number of aromatic hydroxyl groups is 2. The van der Waals surface area contributed by atoms with Gasteiger partial charge in [0, 0.05) is 17.1 Å². The molecule has 0 radical (unpaired) electrons. The van der Waals surface area contributed by atoms with Crippen LogP contribution in [0, 0.1) is 0 Å². The number of phenolic OH excluding ortho intramolecular Hbond substituents is 2. The Hall–Kier alpha value is -4.28. The fourth-order valence-electron chi connectivity index (χ4n) is 3.95. The maximum absolute atomic E-state index is 9.66. The first kappa shape index (κ1) is 31.9. The summed E-state index contributed by atoms with van der Waals surface area (Å²) in [6, 6.07) is 32.6. The molecule has 0 saturated heterocycles. The Labute approximate surface area is 241 Å². The van der Waals surface area contributed by atoms with E-state index in [1.54, 1.807) is 24.3 Å². The third kappa shape index (κ3) is 10.5. The first-order chi connectivity index (χ1) is 19.5. The number of allylic oxidation sites excluding steroid dienone is 2. The smallest absolute Gasteiger partial charge is 0.115 e. The average Bonchev–Trinajstić information content (AvgIpc) is 3.01. The van der Waals surface area contributed by atoms with Crippen molar-refractivity contribution in [1.29, 1.82) is 0 Å². The zero-order valence-electron chi connectivity index (χ0n) is 24.5. The summed E-state index contributed by atoms with van der Waals surface area (Å²) in [4.78, 5) is 4.45. The van der Waals surface area contributed by atoms with Crippen LogP contribution >= 0.6 is 0 Å². The quantitative estimate of drug-likeness (QED) is 0.209. The Bertz CT molecular complexity index is 1210. The van der Waals surface area contributed by atoms with E-state index in [0.29, 0.717) is 0 Å². The van der Waals surface area contributed by atoms with Crippen LogP contribution in [0.15, 0.2) is 115 Å². The fourth-order valence-corrected chi connectivity index (χ4v) is 3.95. The first-order valence-corrected chi connectivity index (χ1v) is 14.1. The lowest BCUT2D eigenvalue weighted by atomic mass is 10.1. The van der Waals surface area contributed by atoms with Gasteiger partial charge in [0.05, 0.1) is 0 Å². The van der Waals surface area contributed by atoms with Crippen LogP contribution < -0.4 is 4.90 Å². The summed E-state index contributed by atoms with van der Waals surface area (Å²) in [7, 11) is 0. The summed E-state index contributed by atoms with van der Waals surface area (Å²) in [5.41, 5.74) is 5.07. The molecule has 0 amide bonds. The Morgan fingerprint density at radius 3 is 1.20 bits per heavy atom. The number of hydrogen-bond acceptors (Lipinski definition) is 4. The van der Waals surface area contributed by atoms with Crippen LogP contribution in [0.1, 0.15) is 45.7 Å². The normalized spacial score (nSPS) is 10.7. The van der Waals surface area contributed by atoms with E-state index in [1.165, 1.54) is 25.2 Å². The van der Waals surface area contributed by atoms with Gasteiger partial charge in [-0.3, -0.25) is 0 Å². The molecule has 0 saturated carbocycles. The van der Waals surface area contributed by atoms with E-state index in [0.717, 1.165) is 22.6 Å². The highest BCUT2D eigenvalue weighted by Crippen LogP contribution is 2.35. The molecule has 4 aromatic carbocycles. The molecule has 0 spiro atoms. The third-order valence-electron chi connectivity index (χ3n) is 6.20. The minimum absolute atomic E-state index is 0.221. The fraction of sp³-hybridized carbons (Fsp3) is 0.222. The molecule has 0 fully saturated rings. The van der Waals surface area contributed by atoms with Gasteiger partial charge in [-0.25, -0.2) is 0 Å². The number of nitrogens with zero attached hydrogens (tertiary/aromatic N) is 2. The minimum atomic E-state index is 0.221. The van der Waals surface area contributed by atoms with Crippen molar-refractivity contribution in [3.8, 4) is 11.5 Å². The summed E-state index contributed by atoms with van der Waals surface area (Å²) >= 11 is 0. The van der Waals surface area contributed by atoms with Crippen molar-refractivity contribution < 1.29 is 10.2 Å². The zero-order chi connectivity index (χ0) is 29.2. The van der Waals surface area contributed by atoms with Gasteiger partial charge in [0.15, 0.2) is 0 Å².